The molecule has 5 rings (SSSR count). The maximum Gasteiger partial charge on any atom is 0.416 e. The number of sulfonamides is 1. The van der Waals surface area contributed by atoms with Gasteiger partial charge in [-0.25, -0.2) is 13.4 Å². The molecule has 0 amide bonds. The highest BCUT2D eigenvalue weighted by Crippen LogP contribution is 2.33. The van der Waals surface area contributed by atoms with Crippen LogP contribution in [0.25, 0.3) is 16.6 Å². The number of nitrogens with zero attached hydrogens (tertiary/aromatic N) is 4. The van der Waals surface area contributed by atoms with E-state index in [2.05, 4.69) is 0 Å². The summed E-state index contributed by atoms with van der Waals surface area (Å²) < 4.78 is 74.9. The normalized spacial score (nSPS) is 17.8. The van der Waals surface area contributed by atoms with E-state index in [1.165, 1.54) is 10.4 Å². The summed E-state index contributed by atoms with van der Waals surface area (Å²) >= 11 is 0. The first-order valence-corrected chi connectivity index (χ1v) is 15.0. The van der Waals surface area contributed by atoms with Gasteiger partial charge in [0.15, 0.2) is 0 Å². The molecule has 0 aliphatic carbocycles. The Bertz CT molecular complexity index is 1760. The second kappa shape index (κ2) is 11.5. The van der Waals surface area contributed by atoms with Gasteiger partial charge >= 0.3 is 6.18 Å². The number of alkyl halides is 3. The Balaban J connectivity index is 1.47. The predicted octanol–water partition coefficient (Wildman–Crippen LogP) is 5.26. The Hall–Kier alpha value is -3.74. The van der Waals surface area contributed by atoms with E-state index in [0.717, 1.165) is 12.1 Å². The molecule has 2 unspecified atom stereocenters. The van der Waals surface area contributed by atoms with Gasteiger partial charge in [0.1, 0.15) is 11.6 Å². The van der Waals surface area contributed by atoms with Gasteiger partial charge in [-0.05, 0) is 75.4 Å². The van der Waals surface area contributed by atoms with Crippen LogP contribution >= 0.6 is 0 Å². The summed E-state index contributed by atoms with van der Waals surface area (Å²) in [5.41, 5.74) is -0.0868. The van der Waals surface area contributed by atoms with E-state index >= 15 is 0 Å². The zero-order chi connectivity index (χ0) is 30.2. The fourth-order valence-corrected chi connectivity index (χ4v) is 7.01. The highest BCUT2D eigenvalue weighted by molar-refractivity contribution is 7.89. The van der Waals surface area contributed by atoms with Crippen molar-refractivity contribution < 1.29 is 26.3 Å². The van der Waals surface area contributed by atoms with Crippen LogP contribution in [-0.4, -0.2) is 59.5 Å². The average Bonchev–Trinajstić information content (AvgIpc) is 2.97. The van der Waals surface area contributed by atoms with Crippen LogP contribution in [0, 0.1) is 0 Å². The SMILES string of the molecule is CCOc1ccc(-n2c(C(C)N3CCN(S(=O)(=O)c4cccc(C(F)(F)F)c4)C(C)C3)nc3ccccc3c2=O)cc1. The van der Waals surface area contributed by atoms with Crippen LogP contribution in [0.2, 0.25) is 0 Å². The lowest BCUT2D eigenvalue weighted by Crippen LogP contribution is -2.54. The summed E-state index contributed by atoms with van der Waals surface area (Å²) in [4.78, 5) is 20.3. The molecule has 4 aromatic rings. The van der Waals surface area contributed by atoms with Gasteiger partial charge < -0.3 is 4.74 Å². The van der Waals surface area contributed by atoms with Gasteiger partial charge in [-0.15, -0.1) is 0 Å². The van der Waals surface area contributed by atoms with E-state index in [1.54, 1.807) is 54.0 Å². The minimum absolute atomic E-state index is 0.0605. The Kier molecular flexibility index (Phi) is 8.15. The van der Waals surface area contributed by atoms with E-state index in [4.69, 9.17) is 9.72 Å². The molecule has 0 N–H and O–H groups in total. The van der Waals surface area contributed by atoms with Crippen molar-refractivity contribution in [3.63, 3.8) is 0 Å². The first-order chi connectivity index (χ1) is 19.9. The highest BCUT2D eigenvalue weighted by atomic mass is 32.2. The number of halogens is 3. The lowest BCUT2D eigenvalue weighted by Gasteiger charge is -2.41. The van der Waals surface area contributed by atoms with Crippen molar-refractivity contribution in [1.29, 1.82) is 0 Å². The Morgan fingerprint density at radius 3 is 2.40 bits per heavy atom. The Morgan fingerprint density at radius 2 is 1.74 bits per heavy atom. The molecule has 1 saturated heterocycles. The smallest absolute Gasteiger partial charge is 0.416 e. The number of rotatable bonds is 7. The fraction of sp³-hybridized carbons (Fsp3) is 0.333. The molecule has 8 nitrogen and oxygen atoms in total. The maximum atomic E-state index is 13.8. The molecule has 0 saturated carbocycles. The average molecular weight is 601 g/mol. The Labute approximate surface area is 242 Å². The zero-order valence-electron chi connectivity index (χ0n) is 23.4. The summed E-state index contributed by atoms with van der Waals surface area (Å²) in [5, 5.41) is 0.465. The van der Waals surface area contributed by atoms with Crippen molar-refractivity contribution in [2.75, 3.05) is 26.2 Å². The molecule has 0 radical (unpaired) electrons. The van der Waals surface area contributed by atoms with Crippen molar-refractivity contribution in [2.24, 2.45) is 0 Å². The minimum atomic E-state index is -4.66. The van der Waals surface area contributed by atoms with Crippen LogP contribution in [0.4, 0.5) is 13.2 Å². The molecule has 12 heteroatoms. The van der Waals surface area contributed by atoms with Gasteiger partial charge in [-0.3, -0.25) is 14.3 Å². The van der Waals surface area contributed by atoms with Crippen molar-refractivity contribution in [2.45, 2.75) is 43.9 Å². The number of para-hydroxylation sites is 1. The standard InChI is InChI=1S/C30H31F3N4O4S/c1-4-41-24-14-12-23(13-15-24)37-28(34-27-11-6-5-10-26(27)29(37)38)21(3)35-16-17-36(20(2)19-35)42(39,40)25-9-7-8-22(18-25)30(31,32)33/h5-15,18,20-21H,4,16-17,19H2,1-3H3. The molecular formula is C30H31F3N4O4S. The molecule has 2 heterocycles. The molecule has 1 aliphatic heterocycles. The summed E-state index contributed by atoms with van der Waals surface area (Å²) in [6.07, 6.45) is -4.66. The van der Waals surface area contributed by atoms with Gasteiger partial charge in [0.05, 0.1) is 39.7 Å². The van der Waals surface area contributed by atoms with Crippen LogP contribution < -0.4 is 10.3 Å². The summed E-state index contributed by atoms with van der Waals surface area (Å²) in [5.74, 6) is 1.16. The molecule has 0 spiro atoms. The number of piperazine rings is 1. The molecule has 222 valence electrons. The molecule has 1 aromatic heterocycles. The molecule has 42 heavy (non-hydrogen) atoms. The lowest BCUT2D eigenvalue weighted by atomic mass is 10.1. The first kappa shape index (κ1) is 29.7. The van der Waals surface area contributed by atoms with Crippen LogP contribution in [-0.2, 0) is 16.2 Å². The maximum absolute atomic E-state index is 13.8. The topological polar surface area (TPSA) is 84.7 Å². The van der Waals surface area contributed by atoms with Gasteiger partial charge in [0, 0.05) is 25.7 Å². The lowest BCUT2D eigenvalue weighted by molar-refractivity contribution is -0.137. The van der Waals surface area contributed by atoms with Gasteiger partial charge in [-0.2, -0.15) is 17.5 Å². The van der Waals surface area contributed by atoms with Crippen LogP contribution in [0.3, 0.4) is 0 Å². The largest absolute Gasteiger partial charge is 0.494 e. The summed E-state index contributed by atoms with van der Waals surface area (Å²) in [6, 6.07) is 17.1. The monoisotopic (exact) mass is 600 g/mol. The number of fused-ring (bicyclic) bond motifs is 1. The van der Waals surface area contributed by atoms with Crippen molar-refractivity contribution in [1.82, 2.24) is 18.8 Å². The minimum Gasteiger partial charge on any atom is -0.494 e. The molecule has 0 bridgehead atoms. The Morgan fingerprint density at radius 1 is 1.02 bits per heavy atom. The predicted molar refractivity (Wildman–Crippen MR) is 153 cm³/mol. The molecule has 3 aromatic carbocycles. The van der Waals surface area contributed by atoms with E-state index in [0.29, 0.717) is 40.8 Å². The van der Waals surface area contributed by atoms with Gasteiger partial charge in [0.2, 0.25) is 10.0 Å². The number of benzene rings is 3. The third kappa shape index (κ3) is 5.66. The van der Waals surface area contributed by atoms with E-state index < -0.39 is 38.7 Å². The van der Waals surface area contributed by atoms with Crippen molar-refractivity contribution in [3.8, 4) is 11.4 Å². The summed E-state index contributed by atoms with van der Waals surface area (Å²) in [6.45, 7) is 6.65. The van der Waals surface area contributed by atoms with Gasteiger partial charge in [0.25, 0.3) is 5.56 Å². The second-order valence-corrected chi connectivity index (χ2v) is 12.1. The molecule has 1 fully saturated rings. The number of hydrogen-bond acceptors (Lipinski definition) is 6. The van der Waals surface area contributed by atoms with E-state index in [9.17, 15) is 26.4 Å². The molecule has 1 aliphatic rings. The zero-order valence-corrected chi connectivity index (χ0v) is 24.2. The number of hydrogen-bond donors (Lipinski definition) is 0. The van der Waals surface area contributed by atoms with Crippen LogP contribution in [0.1, 0.15) is 38.2 Å². The number of aromatic nitrogens is 2. The van der Waals surface area contributed by atoms with E-state index in [1.807, 2.05) is 24.8 Å². The number of ether oxygens (including phenoxy) is 1. The van der Waals surface area contributed by atoms with E-state index in [-0.39, 0.29) is 25.2 Å². The highest BCUT2D eigenvalue weighted by Gasteiger charge is 2.38. The van der Waals surface area contributed by atoms with Crippen molar-refractivity contribution >= 4 is 20.9 Å². The third-order valence-corrected chi connectivity index (χ3v) is 9.50. The second-order valence-electron chi connectivity index (χ2n) is 10.2. The summed E-state index contributed by atoms with van der Waals surface area (Å²) in [7, 11) is -4.18. The molecule has 2 atom stereocenters. The van der Waals surface area contributed by atoms with Crippen molar-refractivity contribution in [3.05, 3.63) is 94.5 Å². The molecular weight excluding hydrogens is 569 g/mol. The van der Waals surface area contributed by atoms with Crippen LogP contribution in [0.5, 0.6) is 5.75 Å². The fourth-order valence-electron chi connectivity index (χ4n) is 5.35. The van der Waals surface area contributed by atoms with Crippen LogP contribution in [0.15, 0.2) is 82.5 Å². The first-order valence-electron chi connectivity index (χ1n) is 13.6. The quantitative estimate of drug-likeness (QED) is 0.288. The third-order valence-electron chi connectivity index (χ3n) is 7.49. The van der Waals surface area contributed by atoms with Gasteiger partial charge in [-0.1, -0.05) is 18.2 Å².